The molecule has 2 atom stereocenters. The Labute approximate surface area is 213 Å². The average molecular weight is 507 g/mol. The fourth-order valence-corrected chi connectivity index (χ4v) is 4.15. The number of benzodiazepines with no additional fused rings is 1. The topological polar surface area (TPSA) is 90.9 Å². The molecular formula is C27H24ClFN4O3. The van der Waals surface area contributed by atoms with E-state index in [9.17, 15) is 18.8 Å². The van der Waals surface area contributed by atoms with Gasteiger partial charge in [-0.15, -0.1) is 0 Å². The molecule has 184 valence electrons. The first kappa shape index (κ1) is 25.1. The maximum absolute atomic E-state index is 14.0. The summed E-state index contributed by atoms with van der Waals surface area (Å²) >= 11 is 5.99. The summed E-state index contributed by atoms with van der Waals surface area (Å²) in [5, 5.41) is 5.28. The van der Waals surface area contributed by atoms with E-state index in [0.29, 0.717) is 11.4 Å². The predicted molar refractivity (Wildman–Crippen MR) is 137 cm³/mol. The number of amides is 3. The standard InChI is InChI=1S/C27H24ClFN4O3/c1-16(30-23(34)15-19-20(28)12-8-13-21(19)29)26(35)32-25-27(36)33(2)22-14-7-6-11-18(22)24(31-25)17-9-4-3-5-10-17/h3-14,16,25H,15H2,1-2H3,(H,30,34)(H,32,35)/t16-,25+/m0/s1. The number of nitrogens with one attached hydrogen (secondary N) is 2. The Kier molecular flexibility index (Phi) is 7.45. The van der Waals surface area contributed by atoms with Gasteiger partial charge in [0.15, 0.2) is 0 Å². The first-order valence-corrected chi connectivity index (χ1v) is 11.7. The van der Waals surface area contributed by atoms with Gasteiger partial charge in [0.2, 0.25) is 18.0 Å². The molecule has 1 aliphatic heterocycles. The second-order valence-electron chi connectivity index (χ2n) is 8.34. The molecule has 0 aliphatic carbocycles. The van der Waals surface area contributed by atoms with Crippen molar-refractivity contribution >= 4 is 40.7 Å². The summed E-state index contributed by atoms with van der Waals surface area (Å²) in [6.07, 6.45) is -1.55. The molecule has 0 aromatic heterocycles. The Balaban J connectivity index is 1.54. The zero-order valence-electron chi connectivity index (χ0n) is 19.7. The predicted octanol–water partition coefficient (Wildman–Crippen LogP) is 3.48. The van der Waals surface area contributed by atoms with E-state index >= 15 is 0 Å². The van der Waals surface area contributed by atoms with E-state index in [1.807, 2.05) is 54.6 Å². The third-order valence-electron chi connectivity index (χ3n) is 5.84. The number of fused-ring (bicyclic) bond motifs is 1. The highest BCUT2D eigenvalue weighted by atomic mass is 35.5. The summed E-state index contributed by atoms with van der Waals surface area (Å²) in [6, 6.07) is 19.8. The van der Waals surface area contributed by atoms with Crippen LogP contribution in [0.4, 0.5) is 10.1 Å². The van der Waals surface area contributed by atoms with Gasteiger partial charge in [-0.25, -0.2) is 9.38 Å². The van der Waals surface area contributed by atoms with Crippen LogP contribution in [-0.4, -0.2) is 42.7 Å². The van der Waals surface area contributed by atoms with E-state index < -0.39 is 35.7 Å². The van der Waals surface area contributed by atoms with Crippen LogP contribution in [0.3, 0.4) is 0 Å². The van der Waals surface area contributed by atoms with Gasteiger partial charge < -0.3 is 15.5 Å². The summed E-state index contributed by atoms with van der Waals surface area (Å²) in [5.74, 6) is -2.24. The van der Waals surface area contributed by atoms with Gasteiger partial charge in [0.05, 0.1) is 17.8 Å². The van der Waals surface area contributed by atoms with Gasteiger partial charge in [-0.05, 0) is 25.1 Å². The fraction of sp³-hybridized carbons (Fsp3) is 0.185. The van der Waals surface area contributed by atoms with Crippen LogP contribution in [0.15, 0.2) is 77.8 Å². The molecule has 0 saturated heterocycles. The molecule has 0 spiro atoms. The first-order valence-electron chi connectivity index (χ1n) is 11.3. The number of likely N-dealkylation sites (N-methyl/N-ethyl adjacent to an activating group) is 1. The molecule has 36 heavy (non-hydrogen) atoms. The van der Waals surface area contributed by atoms with Crippen molar-refractivity contribution < 1.29 is 18.8 Å². The molecule has 9 heteroatoms. The van der Waals surface area contributed by atoms with Crippen molar-refractivity contribution in [3.05, 3.63) is 100 Å². The summed E-state index contributed by atoms with van der Waals surface area (Å²) in [6.45, 7) is 1.47. The van der Waals surface area contributed by atoms with Crippen LogP contribution in [0, 0.1) is 5.82 Å². The van der Waals surface area contributed by atoms with Gasteiger partial charge in [0, 0.05) is 28.8 Å². The molecule has 1 aliphatic rings. The summed E-state index contributed by atoms with van der Waals surface area (Å²) in [7, 11) is 1.62. The Morgan fingerprint density at radius 1 is 1.06 bits per heavy atom. The molecule has 0 bridgehead atoms. The summed E-state index contributed by atoms with van der Waals surface area (Å²) < 4.78 is 14.0. The number of carbonyl (C=O) groups is 3. The lowest BCUT2D eigenvalue weighted by Crippen LogP contribution is -2.52. The highest BCUT2D eigenvalue weighted by Gasteiger charge is 2.32. The minimum Gasteiger partial charge on any atom is -0.344 e. The van der Waals surface area contributed by atoms with Crippen LogP contribution in [0.25, 0.3) is 0 Å². The van der Waals surface area contributed by atoms with E-state index in [1.165, 1.54) is 30.0 Å². The molecule has 0 unspecified atom stereocenters. The van der Waals surface area contributed by atoms with Crippen LogP contribution < -0.4 is 15.5 Å². The van der Waals surface area contributed by atoms with Gasteiger partial charge in [-0.1, -0.05) is 66.2 Å². The number of hydrogen-bond donors (Lipinski definition) is 2. The minimum absolute atomic E-state index is 0.0414. The normalized spacial score (nSPS) is 15.9. The molecule has 2 N–H and O–H groups in total. The number of nitrogens with zero attached hydrogens (tertiary/aromatic N) is 2. The van der Waals surface area contributed by atoms with Gasteiger partial charge in [-0.3, -0.25) is 14.4 Å². The van der Waals surface area contributed by atoms with Crippen LogP contribution in [0.5, 0.6) is 0 Å². The van der Waals surface area contributed by atoms with Crippen molar-refractivity contribution in [1.82, 2.24) is 10.6 Å². The smallest absolute Gasteiger partial charge is 0.272 e. The van der Waals surface area contributed by atoms with Gasteiger partial charge >= 0.3 is 0 Å². The van der Waals surface area contributed by atoms with Gasteiger partial charge in [0.1, 0.15) is 11.9 Å². The SMILES string of the molecule is C[C@H](NC(=O)Cc1c(F)cccc1Cl)C(=O)N[C@H]1N=C(c2ccccc2)c2ccccc2N(C)C1=O. The minimum atomic E-state index is -1.22. The van der Waals surface area contributed by atoms with Gasteiger partial charge in [-0.2, -0.15) is 0 Å². The van der Waals surface area contributed by atoms with Crippen molar-refractivity contribution in [2.45, 2.75) is 25.6 Å². The van der Waals surface area contributed by atoms with E-state index in [0.717, 1.165) is 11.1 Å². The van der Waals surface area contributed by atoms with Gasteiger partial charge in [0.25, 0.3) is 5.91 Å². The zero-order chi connectivity index (χ0) is 25.8. The molecule has 4 rings (SSSR count). The quantitative estimate of drug-likeness (QED) is 0.536. The van der Waals surface area contributed by atoms with Crippen molar-refractivity contribution in [2.75, 3.05) is 11.9 Å². The molecule has 0 fully saturated rings. The Hall–Kier alpha value is -4.04. The van der Waals surface area contributed by atoms with E-state index in [4.69, 9.17) is 11.6 Å². The lowest BCUT2D eigenvalue weighted by molar-refractivity contribution is -0.130. The second-order valence-corrected chi connectivity index (χ2v) is 8.74. The van der Waals surface area contributed by atoms with Crippen LogP contribution in [0.2, 0.25) is 5.02 Å². The lowest BCUT2D eigenvalue weighted by Gasteiger charge is -2.22. The summed E-state index contributed by atoms with van der Waals surface area (Å²) in [4.78, 5) is 44.7. The van der Waals surface area contributed by atoms with E-state index in [-0.39, 0.29) is 17.0 Å². The van der Waals surface area contributed by atoms with Crippen LogP contribution in [0.1, 0.15) is 23.6 Å². The number of aliphatic imine (C=N–C) groups is 1. The van der Waals surface area contributed by atoms with E-state index in [2.05, 4.69) is 15.6 Å². The number of anilines is 1. The Bertz CT molecular complexity index is 1330. The number of hydrogen-bond acceptors (Lipinski definition) is 4. The van der Waals surface area contributed by atoms with Crippen molar-refractivity contribution in [3.63, 3.8) is 0 Å². The molecule has 3 aromatic rings. The van der Waals surface area contributed by atoms with Crippen molar-refractivity contribution in [3.8, 4) is 0 Å². The number of rotatable bonds is 6. The van der Waals surface area contributed by atoms with Crippen molar-refractivity contribution in [1.29, 1.82) is 0 Å². The number of halogens is 2. The van der Waals surface area contributed by atoms with Crippen LogP contribution >= 0.6 is 11.6 Å². The monoisotopic (exact) mass is 506 g/mol. The molecule has 0 saturated carbocycles. The molecule has 3 aromatic carbocycles. The largest absolute Gasteiger partial charge is 0.344 e. The Morgan fingerprint density at radius 3 is 2.47 bits per heavy atom. The molecule has 7 nitrogen and oxygen atoms in total. The third-order valence-corrected chi connectivity index (χ3v) is 6.19. The zero-order valence-corrected chi connectivity index (χ0v) is 20.4. The highest BCUT2D eigenvalue weighted by Crippen LogP contribution is 2.27. The molecule has 0 radical (unpaired) electrons. The molecule has 1 heterocycles. The first-order chi connectivity index (χ1) is 17.3. The summed E-state index contributed by atoms with van der Waals surface area (Å²) in [5.41, 5.74) is 2.79. The van der Waals surface area contributed by atoms with E-state index in [1.54, 1.807) is 7.05 Å². The third kappa shape index (κ3) is 5.28. The lowest BCUT2D eigenvalue weighted by atomic mass is 10.0. The Morgan fingerprint density at radius 2 is 1.75 bits per heavy atom. The van der Waals surface area contributed by atoms with Crippen LogP contribution in [-0.2, 0) is 20.8 Å². The maximum atomic E-state index is 14.0. The molecule has 3 amide bonds. The van der Waals surface area contributed by atoms with Crippen molar-refractivity contribution in [2.24, 2.45) is 4.99 Å². The number of para-hydroxylation sites is 1. The molecular weight excluding hydrogens is 483 g/mol. The maximum Gasteiger partial charge on any atom is 0.272 e. The average Bonchev–Trinajstić information content (AvgIpc) is 2.97. The highest BCUT2D eigenvalue weighted by molar-refractivity contribution is 6.31. The number of benzene rings is 3. The second kappa shape index (κ2) is 10.7. The number of carbonyl (C=O) groups excluding carboxylic acids is 3. The fourth-order valence-electron chi connectivity index (χ4n) is 3.92.